The van der Waals surface area contributed by atoms with Crippen LogP contribution in [0.2, 0.25) is 5.02 Å². The van der Waals surface area contributed by atoms with Crippen LogP contribution in [-0.4, -0.2) is 10.9 Å². The molecule has 1 aromatic carbocycles. The molecule has 5 heteroatoms. The Morgan fingerprint density at radius 3 is 2.67 bits per heavy atom. The lowest BCUT2D eigenvalue weighted by atomic mass is 10.1. The van der Waals surface area contributed by atoms with Crippen molar-refractivity contribution in [2.45, 2.75) is 13.8 Å². The molecule has 3 rings (SSSR count). The fourth-order valence-corrected chi connectivity index (χ4v) is 3.39. The first-order valence-electron chi connectivity index (χ1n) is 6.47. The van der Waals surface area contributed by atoms with Crippen molar-refractivity contribution in [1.29, 1.82) is 0 Å². The Balaban J connectivity index is 1.95. The Morgan fingerprint density at radius 1 is 1.24 bits per heavy atom. The highest BCUT2D eigenvalue weighted by atomic mass is 35.5. The SMILES string of the molecule is Cc1cc(C)c2c(NC(=O)c3ccc(Cl)cc3)csc2n1. The van der Waals surface area contributed by atoms with Gasteiger partial charge in [0.25, 0.3) is 5.91 Å². The van der Waals surface area contributed by atoms with E-state index in [9.17, 15) is 4.79 Å². The minimum absolute atomic E-state index is 0.147. The van der Waals surface area contributed by atoms with Gasteiger partial charge in [-0.25, -0.2) is 4.98 Å². The molecule has 0 saturated heterocycles. The molecule has 3 nitrogen and oxygen atoms in total. The number of pyridine rings is 1. The summed E-state index contributed by atoms with van der Waals surface area (Å²) in [5.74, 6) is -0.147. The van der Waals surface area contributed by atoms with E-state index in [1.54, 1.807) is 24.3 Å². The first kappa shape index (κ1) is 14.0. The van der Waals surface area contributed by atoms with Gasteiger partial charge in [-0.1, -0.05) is 11.6 Å². The summed E-state index contributed by atoms with van der Waals surface area (Å²) in [6, 6.07) is 8.85. The zero-order valence-electron chi connectivity index (χ0n) is 11.6. The summed E-state index contributed by atoms with van der Waals surface area (Å²) < 4.78 is 0. The van der Waals surface area contributed by atoms with Crippen LogP contribution in [0.3, 0.4) is 0 Å². The fraction of sp³-hybridized carbons (Fsp3) is 0.125. The van der Waals surface area contributed by atoms with E-state index in [-0.39, 0.29) is 5.91 Å². The van der Waals surface area contributed by atoms with Crippen molar-refractivity contribution in [3.8, 4) is 0 Å². The molecule has 2 heterocycles. The molecular formula is C16H13ClN2OS. The molecule has 0 fully saturated rings. The van der Waals surface area contributed by atoms with Crippen LogP contribution in [0.4, 0.5) is 5.69 Å². The summed E-state index contributed by atoms with van der Waals surface area (Å²) in [5, 5.41) is 6.50. The van der Waals surface area contributed by atoms with Crippen molar-refractivity contribution < 1.29 is 4.79 Å². The maximum absolute atomic E-state index is 12.3. The van der Waals surface area contributed by atoms with E-state index in [0.29, 0.717) is 10.6 Å². The van der Waals surface area contributed by atoms with Crippen LogP contribution in [-0.2, 0) is 0 Å². The highest BCUT2D eigenvalue weighted by molar-refractivity contribution is 7.17. The summed E-state index contributed by atoms with van der Waals surface area (Å²) >= 11 is 7.37. The molecule has 0 unspecified atom stereocenters. The Morgan fingerprint density at radius 2 is 1.95 bits per heavy atom. The van der Waals surface area contributed by atoms with Gasteiger partial charge in [0.2, 0.25) is 0 Å². The van der Waals surface area contributed by atoms with E-state index >= 15 is 0 Å². The number of nitrogens with zero attached hydrogens (tertiary/aromatic N) is 1. The lowest BCUT2D eigenvalue weighted by molar-refractivity contribution is 0.102. The van der Waals surface area contributed by atoms with Gasteiger partial charge in [-0.2, -0.15) is 0 Å². The second-order valence-corrected chi connectivity index (χ2v) is 6.17. The third-order valence-corrected chi connectivity index (χ3v) is 4.35. The number of hydrogen-bond acceptors (Lipinski definition) is 3. The van der Waals surface area contributed by atoms with Crippen LogP contribution in [0, 0.1) is 13.8 Å². The monoisotopic (exact) mass is 316 g/mol. The Bertz CT molecular complexity index is 824. The first-order valence-corrected chi connectivity index (χ1v) is 7.73. The van der Waals surface area contributed by atoms with E-state index < -0.39 is 0 Å². The van der Waals surface area contributed by atoms with Gasteiger partial charge in [0.15, 0.2) is 0 Å². The number of aromatic nitrogens is 1. The van der Waals surface area contributed by atoms with Crippen molar-refractivity contribution in [3.05, 3.63) is 57.6 Å². The molecular weight excluding hydrogens is 304 g/mol. The quantitative estimate of drug-likeness (QED) is 0.736. The molecule has 0 atom stereocenters. The molecule has 2 aromatic heterocycles. The second kappa shape index (κ2) is 5.47. The van der Waals surface area contributed by atoms with Gasteiger partial charge in [-0.05, 0) is 49.7 Å². The van der Waals surface area contributed by atoms with Gasteiger partial charge in [0, 0.05) is 27.0 Å². The molecule has 0 bridgehead atoms. The van der Waals surface area contributed by atoms with Crippen molar-refractivity contribution in [2.75, 3.05) is 5.32 Å². The third-order valence-electron chi connectivity index (χ3n) is 3.22. The molecule has 0 spiro atoms. The van der Waals surface area contributed by atoms with E-state index in [1.807, 2.05) is 25.3 Å². The van der Waals surface area contributed by atoms with Crippen molar-refractivity contribution in [2.24, 2.45) is 0 Å². The topological polar surface area (TPSA) is 42.0 Å². The van der Waals surface area contributed by atoms with E-state index in [1.165, 1.54) is 11.3 Å². The number of benzene rings is 1. The average Bonchev–Trinajstić information content (AvgIpc) is 2.82. The van der Waals surface area contributed by atoms with E-state index in [4.69, 9.17) is 11.6 Å². The lowest BCUT2D eigenvalue weighted by Gasteiger charge is -2.06. The zero-order valence-corrected chi connectivity index (χ0v) is 13.2. The smallest absolute Gasteiger partial charge is 0.255 e. The van der Waals surface area contributed by atoms with E-state index in [2.05, 4.69) is 10.3 Å². The number of carbonyl (C=O) groups is 1. The Hall–Kier alpha value is -1.91. The molecule has 0 aliphatic carbocycles. The molecule has 106 valence electrons. The van der Waals surface area contributed by atoms with Crippen molar-refractivity contribution in [1.82, 2.24) is 4.98 Å². The van der Waals surface area contributed by atoms with Gasteiger partial charge < -0.3 is 5.32 Å². The minimum atomic E-state index is -0.147. The number of carbonyl (C=O) groups excluding carboxylic acids is 1. The standard InChI is InChI=1S/C16H13ClN2OS/c1-9-7-10(2)18-16-14(9)13(8-21-16)19-15(20)11-3-5-12(17)6-4-11/h3-8H,1-2H3,(H,19,20). The van der Waals surface area contributed by atoms with Crippen molar-refractivity contribution >= 4 is 44.7 Å². The number of amides is 1. The highest BCUT2D eigenvalue weighted by Gasteiger charge is 2.12. The number of hydrogen-bond donors (Lipinski definition) is 1. The molecule has 3 aromatic rings. The molecule has 0 radical (unpaired) electrons. The lowest BCUT2D eigenvalue weighted by Crippen LogP contribution is -2.11. The molecule has 21 heavy (non-hydrogen) atoms. The van der Waals surface area contributed by atoms with E-state index in [0.717, 1.165) is 27.2 Å². The van der Waals surface area contributed by atoms with Crippen LogP contribution >= 0.6 is 22.9 Å². The van der Waals surface area contributed by atoms with Gasteiger partial charge in [0.1, 0.15) is 4.83 Å². The Kier molecular flexibility index (Phi) is 3.66. The number of halogens is 1. The second-order valence-electron chi connectivity index (χ2n) is 4.87. The van der Waals surface area contributed by atoms with Gasteiger partial charge >= 0.3 is 0 Å². The van der Waals surface area contributed by atoms with Crippen LogP contribution in [0.1, 0.15) is 21.6 Å². The zero-order chi connectivity index (χ0) is 15.0. The van der Waals surface area contributed by atoms with Crippen molar-refractivity contribution in [3.63, 3.8) is 0 Å². The normalized spacial score (nSPS) is 10.8. The van der Waals surface area contributed by atoms with Crippen LogP contribution in [0.25, 0.3) is 10.2 Å². The third kappa shape index (κ3) is 2.77. The van der Waals surface area contributed by atoms with Gasteiger partial charge in [-0.15, -0.1) is 11.3 Å². The minimum Gasteiger partial charge on any atom is -0.321 e. The summed E-state index contributed by atoms with van der Waals surface area (Å²) in [4.78, 5) is 17.7. The highest BCUT2D eigenvalue weighted by Crippen LogP contribution is 2.32. The van der Waals surface area contributed by atoms with Crippen LogP contribution in [0.15, 0.2) is 35.7 Å². The van der Waals surface area contributed by atoms with Gasteiger partial charge in [-0.3, -0.25) is 4.79 Å². The molecule has 0 aliphatic heterocycles. The van der Waals surface area contributed by atoms with Gasteiger partial charge in [0.05, 0.1) is 5.69 Å². The molecule has 0 aliphatic rings. The number of fused-ring (bicyclic) bond motifs is 1. The fourth-order valence-electron chi connectivity index (χ4n) is 2.28. The molecule has 1 N–H and O–H groups in total. The summed E-state index contributed by atoms with van der Waals surface area (Å²) in [6.45, 7) is 4.00. The Labute approximate surface area is 131 Å². The summed E-state index contributed by atoms with van der Waals surface area (Å²) in [7, 11) is 0. The number of aryl methyl sites for hydroxylation is 2. The number of rotatable bonds is 2. The average molecular weight is 317 g/mol. The first-order chi connectivity index (χ1) is 10.0. The van der Waals surface area contributed by atoms with Crippen LogP contribution < -0.4 is 5.32 Å². The predicted molar refractivity (Wildman–Crippen MR) is 88.5 cm³/mol. The molecule has 0 saturated carbocycles. The largest absolute Gasteiger partial charge is 0.321 e. The molecule has 1 amide bonds. The number of anilines is 1. The maximum Gasteiger partial charge on any atom is 0.255 e. The van der Waals surface area contributed by atoms with Crippen LogP contribution in [0.5, 0.6) is 0 Å². The maximum atomic E-state index is 12.3. The number of nitrogens with one attached hydrogen (secondary N) is 1. The number of thiophene rings is 1. The predicted octanol–water partition coefficient (Wildman–Crippen LogP) is 4.82. The summed E-state index contributed by atoms with van der Waals surface area (Å²) in [6.07, 6.45) is 0. The summed E-state index contributed by atoms with van der Waals surface area (Å²) in [5.41, 5.74) is 3.49.